The van der Waals surface area contributed by atoms with Crippen LogP contribution in [0.5, 0.6) is 0 Å². The molecule has 0 saturated heterocycles. The number of aromatic carboxylic acids is 1. The number of nitriles is 1. The molecule has 0 saturated carbocycles. The number of carboxylic acids is 1. The van der Waals surface area contributed by atoms with Gasteiger partial charge in [0.25, 0.3) is 0 Å². The Labute approximate surface area is 119 Å². The number of rotatable bonds is 4. The molecule has 21 heavy (non-hydrogen) atoms. The van der Waals surface area contributed by atoms with Crippen molar-refractivity contribution in [3.05, 3.63) is 53.2 Å². The minimum absolute atomic E-state index is 0.110. The monoisotopic (exact) mass is 282 g/mol. The third-order valence-corrected chi connectivity index (χ3v) is 2.53. The van der Waals surface area contributed by atoms with Crippen LogP contribution < -0.4 is 5.32 Å². The lowest BCUT2D eigenvalue weighted by Crippen LogP contribution is -2.07. The van der Waals surface area contributed by atoms with E-state index >= 15 is 0 Å². The van der Waals surface area contributed by atoms with Crippen molar-refractivity contribution in [2.75, 3.05) is 5.32 Å². The molecular weight excluding hydrogens is 272 g/mol. The van der Waals surface area contributed by atoms with Gasteiger partial charge < -0.3 is 10.4 Å². The molecule has 1 heterocycles. The van der Waals surface area contributed by atoms with Gasteiger partial charge in [-0.2, -0.15) is 10.4 Å². The fraction of sp³-hybridized carbons (Fsp3) is 0. The molecule has 104 valence electrons. The number of nitrogens with one attached hydrogen (secondary N) is 2. The van der Waals surface area contributed by atoms with Crippen molar-refractivity contribution in [1.82, 2.24) is 10.2 Å². The highest BCUT2D eigenvalue weighted by Gasteiger charge is 2.08. The molecule has 7 heteroatoms. The van der Waals surface area contributed by atoms with Crippen LogP contribution in [0, 0.1) is 11.3 Å². The summed E-state index contributed by atoms with van der Waals surface area (Å²) >= 11 is 0. The van der Waals surface area contributed by atoms with E-state index in [1.165, 1.54) is 12.1 Å². The Bertz CT molecular complexity index is 738. The molecule has 0 atom stereocenters. The Balaban J connectivity index is 1.98. The second-order valence-electron chi connectivity index (χ2n) is 4.03. The molecule has 0 aliphatic rings. The Morgan fingerprint density at radius 3 is 2.62 bits per heavy atom. The molecule has 3 N–H and O–H groups in total. The molecule has 7 nitrogen and oxygen atoms in total. The minimum Gasteiger partial charge on any atom is -0.477 e. The minimum atomic E-state index is -1.16. The van der Waals surface area contributed by atoms with E-state index in [-0.39, 0.29) is 11.5 Å². The zero-order valence-electron chi connectivity index (χ0n) is 10.7. The van der Waals surface area contributed by atoms with Gasteiger partial charge in [-0.3, -0.25) is 9.89 Å². The van der Waals surface area contributed by atoms with E-state index in [9.17, 15) is 9.59 Å². The van der Waals surface area contributed by atoms with E-state index in [0.717, 1.165) is 5.56 Å². The lowest BCUT2D eigenvalue weighted by Gasteiger charge is -1.96. The first-order valence-corrected chi connectivity index (χ1v) is 5.86. The van der Waals surface area contributed by atoms with E-state index in [0.29, 0.717) is 5.56 Å². The van der Waals surface area contributed by atoms with Gasteiger partial charge >= 0.3 is 5.97 Å². The molecule has 0 unspecified atom stereocenters. The summed E-state index contributed by atoms with van der Waals surface area (Å²) in [5.41, 5.74) is 1.19. The molecule has 0 fully saturated rings. The van der Waals surface area contributed by atoms with Crippen LogP contribution in [0.25, 0.3) is 6.08 Å². The first kappa shape index (κ1) is 14.0. The van der Waals surface area contributed by atoms with Crippen molar-refractivity contribution >= 4 is 23.8 Å². The summed E-state index contributed by atoms with van der Waals surface area (Å²) in [7, 11) is 0. The van der Waals surface area contributed by atoms with Crippen LogP contribution in [0.3, 0.4) is 0 Å². The first-order chi connectivity index (χ1) is 10.1. The maximum atomic E-state index is 11.6. The summed E-state index contributed by atoms with van der Waals surface area (Å²) in [6.45, 7) is 0. The van der Waals surface area contributed by atoms with Crippen molar-refractivity contribution in [2.45, 2.75) is 0 Å². The lowest BCUT2D eigenvalue weighted by atomic mass is 10.1. The highest BCUT2D eigenvalue weighted by atomic mass is 16.4. The van der Waals surface area contributed by atoms with Gasteiger partial charge in [-0.15, -0.1) is 0 Å². The van der Waals surface area contributed by atoms with Crippen LogP contribution in [0.15, 0.2) is 36.4 Å². The maximum absolute atomic E-state index is 11.6. The Morgan fingerprint density at radius 1 is 1.33 bits per heavy atom. The Hall–Kier alpha value is -3.40. The average Bonchev–Trinajstić information content (AvgIpc) is 2.94. The largest absolute Gasteiger partial charge is 0.477 e. The molecule has 2 aromatic rings. The summed E-state index contributed by atoms with van der Waals surface area (Å²) in [4.78, 5) is 22.3. The van der Waals surface area contributed by atoms with Crippen molar-refractivity contribution in [1.29, 1.82) is 5.26 Å². The number of H-pyrrole nitrogens is 1. The molecule has 1 amide bonds. The third kappa shape index (κ3) is 3.78. The number of anilines is 1. The van der Waals surface area contributed by atoms with Gasteiger partial charge in [-0.25, -0.2) is 4.79 Å². The predicted molar refractivity (Wildman–Crippen MR) is 74.4 cm³/mol. The van der Waals surface area contributed by atoms with Gasteiger partial charge in [-0.05, 0) is 23.8 Å². The van der Waals surface area contributed by atoms with Crippen LogP contribution in [0.4, 0.5) is 5.82 Å². The molecule has 1 aromatic carbocycles. The van der Waals surface area contributed by atoms with Gasteiger partial charge in [0.15, 0.2) is 5.82 Å². The van der Waals surface area contributed by atoms with Crippen LogP contribution in [-0.2, 0) is 4.79 Å². The van der Waals surface area contributed by atoms with E-state index < -0.39 is 11.9 Å². The summed E-state index contributed by atoms with van der Waals surface area (Å²) in [5, 5.41) is 25.7. The molecule has 2 rings (SSSR count). The number of aromatic nitrogens is 2. The number of aromatic amines is 1. The topological polar surface area (TPSA) is 119 Å². The molecule has 1 aromatic heterocycles. The van der Waals surface area contributed by atoms with E-state index in [1.54, 1.807) is 30.3 Å². The summed E-state index contributed by atoms with van der Waals surface area (Å²) in [6.07, 6.45) is 2.86. The number of nitrogens with zero attached hydrogens (tertiary/aromatic N) is 2. The highest BCUT2D eigenvalue weighted by Crippen LogP contribution is 2.07. The number of carboxylic acid groups (broad SMARTS) is 1. The van der Waals surface area contributed by atoms with Crippen molar-refractivity contribution in [2.24, 2.45) is 0 Å². The number of hydrogen-bond acceptors (Lipinski definition) is 4. The normalized spacial score (nSPS) is 10.2. The maximum Gasteiger partial charge on any atom is 0.353 e. The van der Waals surface area contributed by atoms with Crippen LogP contribution in [0.1, 0.15) is 21.6 Å². The molecule has 0 radical (unpaired) electrons. The van der Waals surface area contributed by atoms with Gasteiger partial charge in [0, 0.05) is 12.1 Å². The molecule has 0 spiro atoms. The second-order valence-corrected chi connectivity index (χ2v) is 4.03. The van der Waals surface area contributed by atoms with Crippen molar-refractivity contribution in [3.8, 4) is 6.07 Å². The zero-order chi connectivity index (χ0) is 15.2. The standard InChI is InChI=1S/C14H10N4O3/c15-8-10-3-1-9(2-4-10)5-6-13(19)16-12-7-11(14(20)21)17-18-12/h1-7H,(H,20,21)(H2,16,17,18,19). The summed E-state index contributed by atoms with van der Waals surface area (Å²) < 4.78 is 0. The van der Waals surface area contributed by atoms with Gasteiger partial charge in [0.1, 0.15) is 5.69 Å². The summed E-state index contributed by atoms with van der Waals surface area (Å²) in [5.74, 6) is -1.47. The van der Waals surface area contributed by atoms with Gasteiger partial charge in [-0.1, -0.05) is 12.1 Å². The van der Waals surface area contributed by atoms with Crippen molar-refractivity contribution in [3.63, 3.8) is 0 Å². The first-order valence-electron chi connectivity index (χ1n) is 5.86. The number of hydrogen-bond donors (Lipinski definition) is 3. The number of carbonyl (C=O) groups excluding carboxylic acids is 1. The third-order valence-electron chi connectivity index (χ3n) is 2.53. The van der Waals surface area contributed by atoms with Gasteiger partial charge in [0.2, 0.25) is 5.91 Å². The smallest absolute Gasteiger partial charge is 0.353 e. The predicted octanol–water partition coefficient (Wildman–Crippen LogP) is 1.63. The van der Waals surface area contributed by atoms with Crippen LogP contribution in [-0.4, -0.2) is 27.2 Å². The lowest BCUT2D eigenvalue weighted by molar-refractivity contribution is -0.111. The van der Waals surface area contributed by atoms with Crippen LogP contribution >= 0.6 is 0 Å². The SMILES string of the molecule is N#Cc1ccc(C=CC(=O)Nc2cc(C(=O)O)[nH]n2)cc1. The van der Waals surface area contributed by atoms with Crippen molar-refractivity contribution < 1.29 is 14.7 Å². The second kappa shape index (κ2) is 6.16. The average molecular weight is 282 g/mol. The fourth-order valence-electron chi connectivity index (χ4n) is 1.50. The number of carbonyl (C=O) groups is 2. The zero-order valence-corrected chi connectivity index (χ0v) is 10.7. The van der Waals surface area contributed by atoms with E-state index in [4.69, 9.17) is 10.4 Å². The molecular formula is C14H10N4O3. The fourth-order valence-corrected chi connectivity index (χ4v) is 1.50. The van der Waals surface area contributed by atoms with Gasteiger partial charge in [0.05, 0.1) is 11.6 Å². The number of amides is 1. The summed E-state index contributed by atoms with van der Waals surface area (Å²) in [6, 6.07) is 9.92. The quantitative estimate of drug-likeness (QED) is 0.736. The highest BCUT2D eigenvalue weighted by molar-refractivity contribution is 6.01. The molecule has 0 aliphatic heterocycles. The molecule has 0 aliphatic carbocycles. The Kier molecular flexibility index (Phi) is 4.11. The van der Waals surface area contributed by atoms with Crippen LogP contribution in [0.2, 0.25) is 0 Å². The van der Waals surface area contributed by atoms with E-state index in [1.807, 2.05) is 6.07 Å². The Morgan fingerprint density at radius 2 is 2.05 bits per heavy atom. The molecule has 0 bridgehead atoms. The van der Waals surface area contributed by atoms with E-state index in [2.05, 4.69) is 15.5 Å². The number of benzene rings is 1.